The first-order valence-corrected chi connectivity index (χ1v) is 16.4. The minimum Gasteiger partial charge on any atom is -0.228 e. The highest BCUT2D eigenvalue weighted by Crippen LogP contribution is 2.63. The van der Waals surface area contributed by atoms with Crippen molar-refractivity contribution in [1.82, 2.24) is 9.97 Å². The summed E-state index contributed by atoms with van der Waals surface area (Å²) in [7, 11) is 0. The monoisotopic (exact) mass is 627 g/mol. The molecule has 0 bridgehead atoms. The second-order valence-corrected chi connectivity index (χ2v) is 12.5. The van der Waals surface area contributed by atoms with E-state index in [1.54, 1.807) is 0 Å². The molecule has 0 amide bonds. The Bertz CT molecular complexity index is 2760. The van der Waals surface area contributed by atoms with Gasteiger partial charge in [0.1, 0.15) is 0 Å². The molecule has 0 unspecified atom stereocenters. The third-order valence-corrected chi connectivity index (χ3v) is 10.0. The van der Waals surface area contributed by atoms with Crippen LogP contribution < -0.4 is 0 Å². The summed E-state index contributed by atoms with van der Waals surface area (Å²) in [6, 6.07) is 50.5. The Balaban J connectivity index is 1.25. The van der Waals surface area contributed by atoms with E-state index in [0.717, 1.165) is 38.9 Å². The zero-order chi connectivity index (χ0) is 36.7. The summed E-state index contributed by atoms with van der Waals surface area (Å²) >= 11 is 0. The Morgan fingerprint density at radius 1 is 0.388 bits per heavy atom. The smallest absolute Gasteiger partial charge is 0.160 e. The first kappa shape index (κ1) is 23.0. The molecule has 2 nitrogen and oxygen atoms in total. The van der Waals surface area contributed by atoms with Crippen LogP contribution in [0.5, 0.6) is 0 Å². The molecule has 0 saturated carbocycles. The number of benzene rings is 7. The van der Waals surface area contributed by atoms with E-state index in [1.165, 1.54) is 27.8 Å². The Kier molecular flexibility index (Phi) is 5.09. The molecule has 8 aromatic rings. The topological polar surface area (TPSA) is 25.8 Å². The second-order valence-electron chi connectivity index (χ2n) is 12.5. The van der Waals surface area contributed by atoms with Gasteiger partial charge in [0, 0.05) is 16.7 Å². The number of nitrogens with zero attached hydrogens (tertiary/aromatic N) is 2. The molecule has 0 saturated heterocycles. The zero-order valence-corrected chi connectivity index (χ0v) is 26.3. The van der Waals surface area contributed by atoms with Crippen LogP contribution in [0.2, 0.25) is 0 Å². The van der Waals surface area contributed by atoms with Gasteiger partial charge in [-0.1, -0.05) is 176 Å². The van der Waals surface area contributed by atoms with Gasteiger partial charge in [0.05, 0.1) is 23.7 Å². The highest BCUT2D eigenvalue weighted by atomic mass is 14.9. The first-order chi connectivity index (χ1) is 26.4. The number of hydrogen-bond acceptors (Lipinski definition) is 2. The zero-order valence-electron chi connectivity index (χ0n) is 31.3. The third kappa shape index (κ3) is 4.07. The lowest BCUT2D eigenvalue weighted by Crippen LogP contribution is -2.25. The number of aromatic nitrogens is 2. The van der Waals surface area contributed by atoms with Crippen molar-refractivity contribution in [1.29, 1.82) is 0 Å². The molecule has 1 heterocycles. The van der Waals surface area contributed by atoms with Gasteiger partial charge in [-0.15, -0.1) is 0 Å². The summed E-state index contributed by atoms with van der Waals surface area (Å²) in [5.74, 6) is 0.0711. The largest absolute Gasteiger partial charge is 0.228 e. The second kappa shape index (κ2) is 10.8. The highest BCUT2D eigenvalue weighted by molar-refractivity contribution is 5.99. The van der Waals surface area contributed by atoms with E-state index in [-0.39, 0.29) is 23.5 Å². The van der Waals surface area contributed by atoms with E-state index >= 15 is 0 Å². The fourth-order valence-electron chi connectivity index (χ4n) is 8.03. The Morgan fingerprint density at radius 2 is 0.898 bits per heavy atom. The Labute approximate surface area is 293 Å². The van der Waals surface area contributed by atoms with Gasteiger partial charge < -0.3 is 0 Å². The summed E-state index contributed by atoms with van der Waals surface area (Å²) in [6.07, 6.45) is 0. The molecule has 2 heteroatoms. The molecular weight excluding hydrogens is 593 g/mol. The SMILES string of the molecule is [2H]c1c([2H])c([2H])c(-c2nc(-c3ccc(-c4ccccc4)cc3)cc(-c3cccc4c3-c3ccccc3C43c4ccccc4-c4ccccc43)n2)c([2H])c1[2H]. The molecule has 0 N–H and O–H groups in total. The van der Waals surface area contributed by atoms with Gasteiger partial charge in [-0.3, -0.25) is 0 Å². The van der Waals surface area contributed by atoms with E-state index in [0.29, 0.717) is 11.4 Å². The predicted octanol–water partition coefficient (Wildman–Crippen LogP) is 11.5. The molecule has 0 atom stereocenters. The lowest BCUT2D eigenvalue weighted by Gasteiger charge is -2.30. The summed E-state index contributed by atoms with van der Waals surface area (Å²) in [5, 5.41) is 0. The molecule has 1 aromatic heterocycles. The summed E-state index contributed by atoms with van der Waals surface area (Å²) in [5.41, 5.74) is 13.8. The van der Waals surface area contributed by atoms with Gasteiger partial charge in [-0.05, 0) is 61.7 Å². The molecular formula is C47H30N2. The van der Waals surface area contributed by atoms with Crippen molar-refractivity contribution in [3.8, 4) is 67.3 Å². The standard InChI is InChI=1S/C47H30N2/c1-3-14-31(15-4-1)32-26-28-33(29-27-32)43-30-44(49-46(48-43)34-16-5-2-6-17-34)38-21-13-25-42-45(38)37-20-9-12-24-41(37)47(42)39-22-10-7-18-35(39)36-19-8-11-23-40(36)47/h1-30H/i2D,5D,6D,16D,17D. The van der Waals surface area contributed by atoms with Gasteiger partial charge in [0.2, 0.25) is 0 Å². The van der Waals surface area contributed by atoms with Gasteiger partial charge >= 0.3 is 0 Å². The third-order valence-electron chi connectivity index (χ3n) is 10.0. The van der Waals surface area contributed by atoms with Crippen LogP contribution in [0, 0.1) is 0 Å². The molecule has 7 aromatic carbocycles. The van der Waals surface area contributed by atoms with Crippen molar-refractivity contribution in [3.05, 3.63) is 204 Å². The van der Waals surface area contributed by atoms with E-state index in [1.807, 2.05) is 48.5 Å². The predicted molar refractivity (Wildman–Crippen MR) is 200 cm³/mol. The average Bonchev–Trinajstić information content (AvgIpc) is 3.70. The quantitative estimate of drug-likeness (QED) is 0.194. The van der Waals surface area contributed by atoms with Crippen molar-refractivity contribution in [3.63, 3.8) is 0 Å². The lowest BCUT2D eigenvalue weighted by atomic mass is 9.70. The minimum atomic E-state index is -0.548. The van der Waals surface area contributed by atoms with Crippen molar-refractivity contribution >= 4 is 0 Å². The van der Waals surface area contributed by atoms with Crippen LogP contribution in [0.4, 0.5) is 0 Å². The van der Waals surface area contributed by atoms with Crippen LogP contribution in [0.3, 0.4) is 0 Å². The summed E-state index contributed by atoms with van der Waals surface area (Å²) in [4.78, 5) is 10.00. The Hall–Kier alpha value is -6.38. The minimum absolute atomic E-state index is 0.0342. The number of hydrogen-bond donors (Lipinski definition) is 0. The summed E-state index contributed by atoms with van der Waals surface area (Å²) < 4.78 is 42.9. The van der Waals surface area contributed by atoms with E-state index < -0.39 is 23.5 Å². The molecule has 49 heavy (non-hydrogen) atoms. The van der Waals surface area contributed by atoms with Crippen LogP contribution in [-0.4, -0.2) is 9.97 Å². The average molecular weight is 628 g/mol. The van der Waals surface area contributed by atoms with Crippen LogP contribution in [0.15, 0.2) is 182 Å². The van der Waals surface area contributed by atoms with Gasteiger partial charge in [-0.2, -0.15) is 0 Å². The maximum absolute atomic E-state index is 8.86. The van der Waals surface area contributed by atoms with Crippen LogP contribution >= 0.6 is 0 Å². The van der Waals surface area contributed by atoms with Gasteiger partial charge in [0.25, 0.3) is 0 Å². The highest BCUT2D eigenvalue weighted by Gasteiger charge is 2.52. The molecule has 2 aliphatic carbocycles. The number of fused-ring (bicyclic) bond motifs is 10. The van der Waals surface area contributed by atoms with Crippen LogP contribution in [0.1, 0.15) is 29.1 Å². The van der Waals surface area contributed by atoms with Crippen LogP contribution in [0.25, 0.3) is 67.3 Å². The fourth-order valence-corrected chi connectivity index (χ4v) is 8.03. The van der Waals surface area contributed by atoms with Crippen LogP contribution in [-0.2, 0) is 5.41 Å². The molecule has 0 radical (unpaired) electrons. The molecule has 1 spiro atoms. The van der Waals surface area contributed by atoms with E-state index in [4.69, 9.17) is 16.8 Å². The maximum Gasteiger partial charge on any atom is 0.160 e. The van der Waals surface area contributed by atoms with E-state index in [9.17, 15) is 0 Å². The van der Waals surface area contributed by atoms with Gasteiger partial charge in [-0.25, -0.2) is 9.97 Å². The molecule has 2 aliphatic rings. The normalized spacial score (nSPS) is 14.5. The molecule has 0 fully saturated rings. The Morgan fingerprint density at radius 3 is 1.59 bits per heavy atom. The maximum atomic E-state index is 8.86. The molecule has 10 rings (SSSR count). The van der Waals surface area contributed by atoms with Gasteiger partial charge in [0.15, 0.2) is 5.82 Å². The van der Waals surface area contributed by atoms with Crippen molar-refractivity contribution in [2.75, 3.05) is 0 Å². The van der Waals surface area contributed by atoms with Crippen molar-refractivity contribution in [2.24, 2.45) is 0 Å². The van der Waals surface area contributed by atoms with E-state index in [2.05, 4.69) is 103 Å². The lowest BCUT2D eigenvalue weighted by molar-refractivity contribution is 0.794. The van der Waals surface area contributed by atoms with Crippen molar-refractivity contribution < 1.29 is 6.85 Å². The number of rotatable bonds is 4. The first-order valence-electron chi connectivity index (χ1n) is 18.9. The fraction of sp³-hybridized carbons (Fsp3) is 0.0213. The molecule has 228 valence electrons. The van der Waals surface area contributed by atoms with Crippen molar-refractivity contribution in [2.45, 2.75) is 5.41 Å². The molecule has 0 aliphatic heterocycles. The summed E-state index contributed by atoms with van der Waals surface area (Å²) in [6.45, 7) is 0.